The molecular formula is C14H23N5O2. The molecule has 1 saturated carbocycles. The maximum atomic E-state index is 11.4. The fourth-order valence-electron chi connectivity index (χ4n) is 2.92. The van der Waals surface area contributed by atoms with Crippen molar-refractivity contribution in [3.05, 3.63) is 16.4 Å². The summed E-state index contributed by atoms with van der Waals surface area (Å²) in [5.74, 6) is 0.650. The van der Waals surface area contributed by atoms with E-state index in [9.17, 15) is 10.1 Å². The standard InChI is InChI=1S/C14H23N5O2/c1-14(2)7-5-10(6-8-14)18(4)13-11(19(20)21)12(15-3)16-9-17-13/h9-10H,5-8H2,1-4H3,(H,15,16,17). The van der Waals surface area contributed by atoms with Crippen molar-refractivity contribution in [1.29, 1.82) is 0 Å². The number of nitrogens with one attached hydrogen (secondary N) is 1. The Bertz CT molecular complexity index is 522. The molecule has 7 heteroatoms. The Morgan fingerprint density at radius 1 is 1.38 bits per heavy atom. The van der Waals surface area contributed by atoms with Crippen LogP contribution in [-0.2, 0) is 0 Å². The van der Waals surface area contributed by atoms with Gasteiger partial charge in [0.05, 0.1) is 4.92 Å². The van der Waals surface area contributed by atoms with Gasteiger partial charge in [0, 0.05) is 20.1 Å². The van der Waals surface area contributed by atoms with Crippen molar-refractivity contribution in [2.45, 2.75) is 45.6 Å². The van der Waals surface area contributed by atoms with Crippen LogP contribution < -0.4 is 10.2 Å². The van der Waals surface area contributed by atoms with Crippen molar-refractivity contribution in [3.8, 4) is 0 Å². The Labute approximate surface area is 124 Å². The average Bonchev–Trinajstić information content (AvgIpc) is 2.45. The maximum absolute atomic E-state index is 11.4. The molecular weight excluding hydrogens is 270 g/mol. The third-order valence-electron chi connectivity index (χ3n) is 4.41. The number of rotatable bonds is 4. The molecule has 1 fully saturated rings. The van der Waals surface area contributed by atoms with Crippen LogP contribution in [0.4, 0.5) is 17.3 Å². The Morgan fingerprint density at radius 2 is 2.00 bits per heavy atom. The summed E-state index contributed by atoms with van der Waals surface area (Å²) in [5, 5.41) is 14.1. The number of hydrogen-bond acceptors (Lipinski definition) is 6. The van der Waals surface area contributed by atoms with Crippen LogP contribution in [0.3, 0.4) is 0 Å². The Balaban J connectivity index is 2.27. The largest absolute Gasteiger partial charge is 0.367 e. The van der Waals surface area contributed by atoms with Gasteiger partial charge in [-0.3, -0.25) is 10.1 Å². The first kappa shape index (κ1) is 15.5. The van der Waals surface area contributed by atoms with E-state index in [1.165, 1.54) is 6.33 Å². The van der Waals surface area contributed by atoms with Crippen molar-refractivity contribution in [3.63, 3.8) is 0 Å². The summed E-state index contributed by atoms with van der Waals surface area (Å²) in [6.07, 6.45) is 5.68. The highest BCUT2D eigenvalue weighted by Crippen LogP contribution is 2.39. The van der Waals surface area contributed by atoms with Crippen LogP contribution in [0.5, 0.6) is 0 Å². The fourth-order valence-corrected chi connectivity index (χ4v) is 2.92. The molecule has 0 atom stereocenters. The van der Waals surface area contributed by atoms with Gasteiger partial charge >= 0.3 is 5.69 Å². The third kappa shape index (κ3) is 3.22. The van der Waals surface area contributed by atoms with Crippen molar-refractivity contribution in [2.75, 3.05) is 24.3 Å². The van der Waals surface area contributed by atoms with Crippen LogP contribution in [0.1, 0.15) is 39.5 Å². The van der Waals surface area contributed by atoms with Gasteiger partial charge < -0.3 is 10.2 Å². The number of aromatic nitrogens is 2. The van der Waals surface area contributed by atoms with E-state index in [-0.39, 0.29) is 17.5 Å². The highest BCUT2D eigenvalue weighted by Gasteiger charge is 2.33. The third-order valence-corrected chi connectivity index (χ3v) is 4.41. The van der Waals surface area contributed by atoms with Gasteiger partial charge in [0.25, 0.3) is 0 Å². The molecule has 21 heavy (non-hydrogen) atoms. The van der Waals surface area contributed by atoms with Crippen LogP contribution in [0, 0.1) is 15.5 Å². The Morgan fingerprint density at radius 3 is 2.52 bits per heavy atom. The molecule has 1 aromatic heterocycles. The number of nitrogens with zero attached hydrogens (tertiary/aromatic N) is 4. The Hall–Kier alpha value is -1.92. The van der Waals surface area contributed by atoms with Gasteiger partial charge in [-0.05, 0) is 31.1 Å². The normalized spacial score (nSPS) is 18.3. The highest BCUT2D eigenvalue weighted by atomic mass is 16.6. The van der Waals surface area contributed by atoms with Crippen molar-refractivity contribution < 1.29 is 4.92 Å². The molecule has 2 rings (SSSR count). The van der Waals surface area contributed by atoms with E-state index >= 15 is 0 Å². The molecule has 0 radical (unpaired) electrons. The SMILES string of the molecule is CNc1ncnc(N(C)C2CCC(C)(C)CC2)c1[N+](=O)[O-]. The minimum Gasteiger partial charge on any atom is -0.367 e. The Kier molecular flexibility index (Phi) is 4.29. The zero-order valence-electron chi connectivity index (χ0n) is 13.1. The molecule has 1 heterocycles. The number of anilines is 2. The summed E-state index contributed by atoms with van der Waals surface area (Å²) in [5.41, 5.74) is 0.317. The van der Waals surface area contributed by atoms with Crippen molar-refractivity contribution in [1.82, 2.24) is 9.97 Å². The van der Waals surface area contributed by atoms with Gasteiger partial charge in [0.2, 0.25) is 11.6 Å². The second kappa shape index (κ2) is 5.83. The summed E-state index contributed by atoms with van der Waals surface area (Å²) >= 11 is 0. The van der Waals surface area contributed by atoms with Crippen molar-refractivity contribution in [2.24, 2.45) is 5.41 Å². The summed E-state index contributed by atoms with van der Waals surface area (Å²) in [4.78, 5) is 21.0. The van der Waals surface area contributed by atoms with E-state index in [1.54, 1.807) is 7.05 Å². The molecule has 1 aromatic rings. The molecule has 0 aromatic carbocycles. The first-order chi connectivity index (χ1) is 9.85. The molecule has 0 aliphatic heterocycles. The molecule has 0 bridgehead atoms. The minimum atomic E-state index is -0.412. The molecule has 0 spiro atoms. The lowest BCUT2D eigenvalue weighted by Crippen LogP contribution is -2.38. The summed E-state index contributed by atoms with van der Waals surface area (Å²) in [7, 11) is 3.51. The molecule has 1 N–H and O–H groups in total. The first-order valence-corrected chi connectivity index (χ1v) is 7.25. The maximum Gasteiger partial charge on any atom is 0.353 e. The van der Waals surface area contributed by atoms with Crippen LogP contribution in [0.2, 0.25) is 0 Å². The predicted octanol–water partition coefficient (Wildman–Crippen LogP) is 2.83. The zero-order chi connectivity index (χ0) is 15.6. The minimum absolute atomic E-state index is 0.0488. The van der Waals surface area contributed by atoms with Crippen LogP contribution in [0.15, 0.2) is 6.33 Å². The lowest BCUT2D eigenvalue weighted by atomic mass is 9.75. The van der Waals surface area contributed by atoms with Gasteiger partial charge in [-0.25, -0.2) is 9.97 Å². The van der Waals surface area contributed by atoms with E-state index in [4.69, 9.17) is 0 Å². The predicted molar refractivity (Wildman–Crippen MR) is 82.7 cm³/mol. The van der Waals surface area contributed by atoms with Crippen LogP contribution in [-0.4, -0.2) is 35.0 Å². The van der Waals surface area contributed by atoms with Crippen molar-refractivity contribution >= 4 is 17.3 Å². The molecule has 0 amide bonds. The van der Waals surface area contributed by atoms with Gasteiger partial charge in [-0.1, -0.05) is 13.8 Å². The van der Waals surface area contributed by atoms with E-state index in [0.29, 0.717) is 11.2 Å². The monoisotopic (exact) mass is 293 g/mol. The summed E-state index contributed by atoms with van der Waals surface area (Å²) < 4.78 is 0. The van der Waals surface area contributed by atoms with Gasteiger partial charge in [0.1, 0.15) is 6.33 Å². The van der Waals surface area contributed by atoms with Crippen LogP contribution >= 0.6 is 0 Å². The summed E-state index contributed by atoms with van der Waals surface area (Å²) in [6, 6.07) is 0.288. The topological polar surface area (TPSA) is 84.2 Å². The summed E-state index contributed by atoms with van der Waals surface area (Å²) in [6.45, 7) is 4.55. The number of hydrogen-bond donors (Lipinski definition) is 1. The second-order valence-corrected chi connectivity index (χ2v) is 6.41. The quantitative estimate of drug-likeness (QED) is 0.678. The second-order valence-electron chi connectivity index (χ2n) is 6.41. The van der Waals surface area contributed by atoms with Crippen LogP contribution in [0.25, 0.3) is 0 Å². The molecule has 116 valence electrons. The van der Waals surface area contributed by atoms with Gasteiger partial charge in [-0.2, -0.15) is 0 Å². The van der Waals surface area contributed by atoms with E-state index in [1.807, 2.05) is 11.9 Å². The lowest BCUT2D eigenvalue weighted by Gasteiger charge is -2.38. The first-order valence-electron chi connectivity index (χ1n) is 7.25. The molecule has 7 nitrogen and oxygen atoms in total. The molecule has 0 unspecified atom stereocenters. The van der Waals surface area contributed by atoms with Gasteiger partial charge in [0.15, 0.2) is 0 Å². The molecule has 0 saturated heterocycles. The van der Waals surface area contributed by atoms with E-state index < -0.39 is 4.92 Å². The number of nitro groups is 1. The fraction of sp³-hybridized carbons (Fsp3) is 0.714. The van der Waals surface area contributed by atoms with E-state index in [2.05, 4.69) is 29.1 Å². The lowest BCUT2D eigenvalue weighted by molar-refractivity contribution is -0.383. The van der Waals surface area contributed by atoms with E-state index in [0.717, 1.165) is 25.7 Å². The molecule has 1 aliphatic rings. The smallest absolute Gasteiger partial charge is 0.353 e. The zero-order valence-corrected chi connectivity index (χ0v) is 13.1. The van der Waals surface area contributed by atoms with Gasteiger partial charge in [-0.15, -0.1) is 0 Å². The highest BCUT2D eigenvalue weighted by molar-refractivity contribution is 5.70. The average molecular weight is 293 g/mol. The molecule has 1 aliphatic carbocycles.